The number of aliphatic hydroxyl groups excluding tert-OH is 1. The molecule has 0 bridgehead atoms. The number of hydrogen-bond acceptors (Lipinski definition) is 1. The highest BCUT2D eigenvalue weighted by Gasteiger charge is 2.29. The molecular formula is C11H16O. The van der Waals surface area contributed by atoms with Gasteiger partial charge in [0.2, 0.25) is 0 Å². The quantitative estimate of drug-likeness (QED) is 0.590. The second kappa shape index (κ2) is 3.20. The Hall–Kier alpha value is -0.940. The molecule has 0 aromatic heterocycles. The predicted octanol–water partition coefficient (Wildman–Crippen LogP) is 3.21. The molecule has 0 aromatic carbocycles. The van der Waals surface area contributed by atoms with E-state index in [1.165, 1.54) is 0 Å². The Kier molecular flexibility index (Phi) is 2.44. The van der Waals surface area contributed by atoms with Crippen LogP contribution in [0.5, 0.6) is 0 Å². The minimum Gasteiger partial charge on any atom is -0.513 e. The van der Waals surface area contributed by atoms with Crippen molar-refractivity contribution >= 4 is 0 Å². The third-order valence-electron chi connectivity index (χ3n) is 2.52. The van der Waals surface area contributed by atoms with E-state index in [0.717, 1.165) is 12.8 Å². The lowest BCUT2D eigenvalue weighted by Gasteiger charge is -2.32. The molecule has 1 atom stereocenters. The third-order valence-corrected chi connectivity index (χ3v) is 2.52. The molecular weight excluding hydrogens is 148 g/mol. The molecule has 1 nitrogen and oxygen atoms in total. The van der Waals surface area contributed by atoms with E-state index in [-0.39, 0.29) is 5.41 Å². The van der Waals surface area contributed by atoms with Crippen molar-refractivity contribution in [2.45, 2.75) is 26.7 Å². The highest BCUT2D eigenvalue weighted by atomic mass is 16.3. The second-order valence-electron chi connectivity index (χ2n) is 3.97. The van der Waals surface area contributed by atoms with E-state index in [4.69, 9.17) is 0 Å². The Labute approximate surface area is 74.1 Å². The minimum atomic E-state index is 0.0486. The molecule has 0 radical (unpaired) electrons. The van der Waals surface area contributed by atoms with Crippen LogP contribution in [-0.4, -0.2) is 5.11 Å². The molecule has 0 saturated heterocycles. The van der Waals surface area contributed by atoms with E-state index >= 15 is 0 Å². The van der Waals surface area contributed by atoms with E-state index < -0.39 is 0 Å². The first kappa shape index (κ1) is 9.15. The van der Waals surface area contributed by atoms with Gasteiger partial charge >= 0.3 is 0 Å². The van der Waals surface area contributed by atoms with Gasteiger partial charge in [0.1, 0.15) is 0 Å². The van der Waals surface area contributed by atoms with Gasteiger partial charge in [-0.3, -0.25) is 0 Å². The lowest BCUT2D eigenvalue weighted by Crippen LogP contribution is -2.24. The van der Waals surface area contributed by atoms with E-state index in [1.54, 1.807) is 0 Å². The van der Waals surface area contributed by atoms with Crippen LogP contribution in [0.3, 0.4) is 0 Å². The van der Waals surface area contributed by atoms with Gasteiger partial charge in [-0.05, 0) is 29.9 Å². The van der Waals surface area contributed by atoms with Crippen LogP contribution >= 0.6 is 0 Å². The van der Waals surface area contributed by atoms with Crippen LogP contribution in [0.1, 0.15) is 26.7 Å². The van der Waals surface area contributed by atoms with Gasteiger partial charge in [0.05, 0.1) is 5.76 Å². The Morgan fingerprint density at radius 2 is 2.42 bits per heavy atom. The van der Waals surface area contributed by atoms with Crippen LogP contribution in [0.2, 0.25) is 0 Å². The zero-order valence-electron chi connectivity index (χ0n) is 7.80. The molecule has 1 aliphatic carbocycles. The fourth-order valence-electron chi connectivity index (χ4n) is 1.72. The summed E-state index contributed by atoms with van der Waals surface area (Å²) in [6, 6.07) is 0. The fourth-order valence-corrected chi connectivity index (χ4v) is 1.72. The van der Waals surface area contributed by atoms with Crippen LogP contribution in [0, 0.1) is 11.3 Å². The SMILES string of the molecule is C=C=CC1CCC(O)=CC1(C)C. The lowest BCUT2D eigenvalue weighted by atomic mass is 9.72. The van der Waals surface area contributed by atoms with Crippen LogP contribution in [0.15, 0.2) is 30.2 Å². The molecule has 0 heterocycles. The maximum atomic E-state index is 9.34. The predicted molar refractivity (Wildman–Crippen MR) is 50.9 cm³/mol. The van der Waals surface area contributed by atoms with Gasteiger partial charge in [0, 0.05) is 6.42 Å². The Bertz CT molecular complexity index is 242. The van der Waals surface area contributed by atoms with Crippen LogP contribution < -0.4 is 0 Å². The molecule has 0 aliphatic heterocycles. The van der Waals surface area contributed by atoms with Gasteiger partial charge in [-0.25, -0.2) is 0 Å². The van der Waals surface area contributed by atoms with E-state index in [9.17, 15) is 5.11 Å². The van der Waals surface area contributed by atoms with Crippen molar-refractivity contribution in [1.29, 1.82) is 0 Å². The molecule has 12 heavy (non-hydrogen) atoms. The zero-order valence-corrected chi connectivity index (χ0v) is 7.80. The van der Waals surface area contributed by atoms with E-state index in [0.29, 0.717) is 11.7 Å². The number of allylic oxidation sites excluding steroid dienone is 3. The summed E-state index contributed by atoms with van der Waals surface area (Å²) in [7, 11) is 0. The first-order valence-corrected chi connectivity index (χ1v) is 4.33. The van der Waals surface area contributed by atoms with Crippen molar-refractivity contribution in [3.8, 4) is 0 Å². The third kappa shape index (κ3) is 1.80. The van der Waals surface area contributed by atoms with Crippen molar-refractivity contribution < 1.29 is 5.11 Å². The fraction of sp³-hybridized carbons (Fsp3) is 0.545. The average Bonchev–Trinajstić information content (AvgIpc) is 1.94. The Morgan fingerprint density at radius 3 is 2.92 bits per heavy atom. The van der Waals surface area contributed by atoms with Crippen LogP contribution in [-0.2, 0) is 0 Å². The van der Waals surface area contributed by atoms with Gasteiger partial charge in [-0.2, -0.15) is 0 Å². The van der Waals surface area contributed by atoms with Crippen LogP contribution in [0.4, 0.5) is 0 Å². The minimum absolute atomic E-state index is 0.0486. The number of hydrogen-bond donors (Lipinski definition) is 1. The van der Waals surface area contributed by atoms with Gasteiger partial charge < -0.3 is 5.11 Å². The van der Waals surface area contributed by atoms with Crippen molar-refractivity contribution in [3.63, 3.8) is 0 Å². The van der Waals surface area contributed by atoms with Gasteiger partial charge in [0.15, 0.2) is 0 Å². The van der Waals surface area contributed by atoms with Gasteiger partial charge in [0.25, 0.3) is 0 Å². The summed E-state index contributed by atoms with van der Waals surface area (Å²) in [5.41, 5.74) is 2.87. The van der Waals surface area contributed by atoms with Gasteiger partial charge in [-0.15, -0.1) is 5.73 Å². The van der Waals surface area contributed by atoms with Crippen molar-refractivity contribution in [3.05, 3.63) is 30.2 Å². The van der Waals surface area contributed by atoms with E-state index in [1.807, 2.05) is 12.2 Å². The average molecular weight is 164 g/mol. The Morgan fingerprint density at radius 1 is 1.75 bits per heavy atom. The topological polar surface area (TPSA) is 20.2 Å². The summed E-state index contributed by atoms with van der Waals surface area (Å²) in [5.74, 6) is 0.986. The molecule has 1 N–H and O–H groups in total. The molecule has 0 spiro atoms. The number of rotatable bonds is 1. The standard InChI is InChI=1S/C11H16O/c1-4-5-9-6-7-10(12)8-11(9,2)3/h5,8-9,12H,1,6-7H2,2-3H3. The largest absolute Gasteiger partial charge is 0.513 e. The summed E-state index contributed by atoms with van der Waals surface area (Å²) in [4.78, 5) is 0. The molecule has 1 heteroatoms. The zero-order chi connectivity index (χ0) is 9.19. The molecule has 0 fully saturated rings. The summed E-state index contributed by atoms with van der Waals surface area (Å²) in [5, 5.41) is 9.34. The molecule has 1 aliphatic rings. The highest BCUT2D eigenvalue weighted by molar-refractivity contribution is 5.11. The van der Waals surface area contributed by atoms with Gasteiger partial charge in [-0.1, -0.05) is 20.4 Å². The van der Waals surface area contributed by atoms with Crippen molar-refractivity contribution in [2.24, 2.45) is 11.3 Å². The van der Waals surface area contributed by atoms with E-state index in [2.05, 4.69) is 26.2 Å². The summed E-state index contributed by atoms with van der Waals surface area (Å²) in [6.45, 7) is 7.83. The number of aliphatic hydroxyl groups is 1. The van der Waals surface area contributed by atoms with Crippen molar-refractivity contribution in [2.75, 3.05) is 0 Å². The Balaban J connectivity index is 2.88. The maximum Gasteiger partial charge on any atom is 0.0888 e. The molecule has 0 aromatic rings. The van der Waals surface area contributed by atoms with Crippen LogP contribution in [0.25, 0.3) is 0 Å². The highest BCUT2D eigenvalue weighted by Crippen LogP contribution is 2.38. The normalized spacial score (nSPS) is 27.2. The molecule has 1 unspecified atom stereocenters. The first-order valence-electron chi connectivity index (χ1n) is 4.33. The summed E-state index contributed by atoms with van der Waals surface area (Å²) < 4.78 is 0. The second-order valence-corrected chi connectivity index (χ2v) is 3.97. The first-order chi connectivity index (χ1) is 5.56. The lowest BCUT2D eigenvalue weighted by molar-refractivity contribution is 0.254. The molecule has 66 valence electrons. The molecule has 1 rings (SSSR count). The smallest absolute Gasteiger partial charge is 0.0888 e. The van der Waals surface area contributed by atoms with Crippen molar-refractivity contribution in [1.82, 2.24) is 0 Å². The maximum absolute atomic E-state index is 9.34. The molecule has 0 amide bonds. The monoisotopic (exact) mass is 164 g/mol. The molecule has 0 saturated carbocycles. The summed E-state index contributed by atoms with van der Waals surface area (Å²) >= 11 is 0. The summed E-state index contributed by atoms with van der Waals surface area (Å²) in [6.07, 6.45) is 5.72.